The molecule has 1 amide bonds. The van der Waals surface area contributed by atoms with Crippen LogP contribution in [-0.4, -0.2) is 15.1 Å². The van der Waals surface area contributed by atoms with Crippen LogP contribution in [0.2, 0.25) is 5.02 Å². The maximum Gasteiger partial charge on any atom is 0.266 e. The molecule has 0 bridgehead atoms. The fourth-order valence-corrected chi connectivity index (χ4v) is 3.49. The molecule has 0 aromatic heterocycles. The number of carbonyl (C=O) groups is 1. The Hall–Kier alpha value is -1.62. The summed E-state index contributed by atoms with van der Waals surface area (Å²) in [6.07, 6.45) is 1.85. The van der Waals surface area contributed by atoms with E-state index in [-0.39, 0.29) is 5.91 Å². The summed E-state index contributed by atoms with van der Waals surface area (Å²) in [6.45, 7) is 0.503. The van der Waals surface area contributed by atoms with E-state index in [4.69, 9.17) is 23.8 Å². The number of hydrogen-bond donors (Lipinski definition) is 0. The molecule has 1 heterocycles. The zero-order chi connectivity index (χ0) is 15.5. The molecule has 1 fully saturated rings. The Kier molecular flexibility index (Phi) is 4.62. The molecular formula is C17H12ClNOS2. The zero-order valence-corrected chi connectivity index (χ0v) is 13.9. The van der Waals surface area contributed by atoms with Crippen molar-refractivity contribution in [3.8, 4) is 0 Å². The average molecular weight is 346 g/mol. The first-order valence-electron chi connectivity index (χ1n) is 6.68. The Bertz CT molecular complexity index is 741. The number of hydrogen-bond acceptors (Lipinski definition) is 3. The van der Waals surface area contributed by atoms with Crippen LogP contribution in [0.4, 0.5) is 0 Å². The molecule has 1 aliphatic rings. The second-order valence-electron chi connectivity index (χ2n) is 4.81. The average Bonchev–Trinajstić information content (AvgIpc) is 2.78. The number of halogens is 1. The molecule has 2 aromatic rings. The predicted molar refractivity (Wildman–Crippen MR) is 96.6 cm³/mol. The molecule has 0 saturated carbocycles. The third-order valence-corrected chi connectivity index (χ3v) is 4.85. The Labute approximate surface area is 143 Å². The molecule has 0 aliphatic carbocycles. The largest absolute Gasteiger partial charge is 0.288 e. The van der Waals surface area contributed by atoms with Crippen molar-refractivity contribution >= 4 is 51.9 Å². The van der Waals surface area contributed by atoms with E-state index >= 15 is 0 Å². The number of amides is 1. The molecule has 0 N–H and O–H groups in total. The van der Waals surface area contributed by atoms with Crippen molar-refractivity contribution in [1.82, 2.24) is 4.90 Å². The number of thioether (sulfide) groups is 1. The fourth-order valence-electron chi connectivity index (χ4n) is 2.11. The van der Waals surface area contributed by atoms with Gasteiger partial charge in [0, 0.05) is 5.02 Å². The van der Waals surface area contributed by atoms with Crippen molar-refractivity contribution in [1.29, 1.82) is 0 Å². The normalized spacial score (nSPS) is 16.6. The molecule has 110 valence electrons. The van der Waals surface area contributed by atoms with E-state index in [2.05, 4.69) is 0 Å². The molecule has 2 aromatic carbocycles. The molecule has 0 radical (unpaired) electrons. The van der Waals surface area contributed by atoms with Gasteiger partial charge in [0.25, 0.3) is 5.91 Å². The van der Waals surface area contributed by atoms with E-state index in [0.717, 1.165) is 11.1 Å². The Balaban J connectivity index is 1.80. The number of nitrogens with zero attached hydrogens (tertiary/aromatic N) is 1. The van der Waals surface area contributed by atoms with Crippen LogP contribution >= 0.6 is 35.6 Å². The molecule has 1 aliphatic heterocycles. The minimum atomic E-state index is -0.0474. The van der Waals surface area contributed by atoms with Gasteiger partial charge in [0.15, 0.2) is 0 Å². The summed E-state index contributed by atoms with van der Waals surface area (Å²) < 4.78 is 0.592. The molecule has 1 saturated heterocycles. The van der Waals surface area contributed by atoms with Gasteiger partial charge in [0.1, 0.15) is 4.32 Å². The second kappa shape index (κ2) is 6.65. The lowest BCUT2D eigenvalue weighted by Crippen LogP contribution is -2.27. The Morgan fingerprint density at radius 1 is 1.09 bits per heavy atom. The van der Waals surface area contributed by atoms with Crippen LogP contribution in [0.25, 0.3) is 6.08 Å². The van der Waals surface area contributed by atoms with E-state index in [1.807, 2.05) is 48.5 Å². The van der Waals surface area contributed by atoms with Gasteiger partial charge in [-0.05, 0) is 29.3 Å². The first-order valence-corrected chi connectivity index (χ1v) is 8.28. The Morgan fingerprint density at radius 3 is 2.45 bits per heavy atom. The smallest absolute Gasteiger partial charge is 0.266 e. The quantitative estimate of drug-likeness (QED) is 0.592. The van der Waals surface area contributed by atoms with Crippen molar-refractivity contribution in [3.05, 3.63) is 75.7 Å². The standard InChI is InChI=1S/C17H12ClNOS2/c18-14-8-6-12(7-9-14)10-15-16(20)19(17(21)22-15)11-13-4-2-1-3-5-13/h1-10H,11H2. The fraction of sp³-hybridized carbons (Fsp3) is 0.0588. The van der Waals surface area contributed by atoms with Crippen LogP contribution in [0, 0.1) is 0 Å². The summed E-state index contributed by atoms with van der Waals surface area (Å²) in [4.78, 5) is 14.8. The van der Waals surface area contributed by atoms with Crippen LogP contribution in [0.3, 0.4) is 0 Å². The minimum absolute atomic E-state index is 0.0474. The molecule has 0 spiro atoms. The summed E-state index contributed by atoms with van der Waals surface area (Å²) in [5.41, 5.74) is 2.00. The highest BCUT2D eigenvalue weighted by atomic mass is 35.5. The van der Waals surface area contributed by atoms with Crippen molar-refractivity contribution in [2.75, 3.05) is 0 Å². The molecule has 5 heteroatoms. The van der Waals surface area contributed by atoms with E-state index in [1.54, 1.807) is 17.0 Å². The third kappa shape index (κ3) is 3.40. The highest BCUT2D eigenvalue weighted by Crippen LogP contribution is 2.33. The van der Waals surface area contributed by atoms with Crippen molar-refractivity contribution in [2.45, 2.75) is 6.54 Å². The monoisotopic (exact) mass is 345 g/mol. The van der Waals surface area contributed by atoms with E-state index in [0.29, 0.717) is 20.8 Å². The van der Waals surface area contributed by atoms with Gasteiger partial charge < -0.3 is 0 Å². The van der Waals surface area contributed by atoms with E-state index < -0.39 is 0 Å². The van der Waals surface area contributed by atoms with Gasteiger partial charge in [-0.25, -0.2) is 0 Å². The molecule has 0 atom stereocenters. The zero-order valence-electron chi connectivity index (χ0n) is 11.5. The van der Waals surface area contributed by atoms with Crippen molar-refractivity contribution in [3.63, 3.8) is 0 Å². The van der Waals surface area contributed by atoms with Crippen molar-refractivity contribution in [2.24, 2.45) is 0 Å². The van der Waals surface area contributed by atoms with Gasteiger partial charge in [-0.15, -0.1) is 0 Å². The molecule has 0 unspecified atom stereocenters. The number of carbonyl (C=O) groups excluding carboxylic acids is 1. The molecule has 22 heavy (non-hydrogen) atoms. The maximum absolute atomic E-state index is 12.5. The van der Waals surface area contributed by atoms with Crippen LogP contribution in [0.15, 0.2) is 59.5 Å². The SMILES string of the molecule is O=C1C(=Cc2ccc(Cl)cc2)SC(=S)N1Cc1ccccc1. The number of rotatable bonds is 3. The topological polar surface area (TPSA) is 20.3 Å². The third-order valence-electron chi connectivity index (χ3n) is 3.22. The number of benzene rings is 2. The lowest BCUT2D eigenvalue weighted by atomic mass is 10.2. The molecule has 3 rings (SSSR count). The summed E-state index contributed by atoms with van der Waals surface area (Å²) in [6, 6.07) is 17.2. The molecular weight excluding hydrogens is 334 g/mol. The van der Waals surface area contributed by atoms with Crippen LogP contribution in [-0.2, 0) is 11.3 Å². The molecule has 2 nitrogen and oxygen atoms in total. The highest BCUT2D eigenvalue weighted by molar-refractivity contribution is 8.26. The summed E-state index contributed by atoms with van der Waals surface area (Å²) in [5.74, 6) is -0.0474. The van der Waals surface area contributed by atoms with Crippen LogP contribution in [0.1, 0.15) is 11.1 Å². The van der Waals surface area contributed by atoms with Gasteiger partial charge in [-0.1, -0.05) is 78.0 Å². The lowest BCUT2D eigenvalue weighted by Gasteiger charge is -2.14. The first-order chi connectivity index (χ1) is 10.6. The van der Waals surface area contributed by atoms with E-state index in [1.165, 1.54) is 11.8 Å². The van der Waals surface area contributed by atoms with E-state index in [9.17, 15) is 4.79 Å². The van der Waals surface area contributed by atoms with Gasteiger partial charge in [-0.2, -0.15) is 0 Å². The second-order valence-corrected chi connectivity index (χ2v) is 6.92. The maximum atomic E-state index is 12.5. The first kappa shape index (κ1) is 15.3. The number of thiocarbonyl (C=S) groups is 1. The van der Waals surface area contributed by atoms with Gasteiger partial charge in [0.2, 0.25) is 0 Å². The Morgan fingerprint density at radius 2 is 1.77 bits per heavy atom. The predicted octanol–water partition coefficient (Wildman–Crippen LogP) is 4.74. The minimum Gasteiger partial charge on any atom is -0.288 e. The van der Waals surface area contributed by atoms with Gasteiger partial charge in [-0.3, -0.25) is 9.69 Å². The van der Waals surface area contributed by atoms with Gasteiger partial charge in [0.05, 0.1) is 11.4 Å². The summed E-state index contributed by atoms with van der Waals surface area (Å²) in [7, 11) is 0. The van der Waals surface area contributed by atoms with Crippen molar-refractivity contribution < 1.29 is 4.79 Å². The summed E-state index contributed by atoms with van der Waals surface area (Å²) in [5, 5.41) is 0.675. The van der Waals surface area contributed by atoms with Gasteiger partial charge >= 0.3 is 0 Å². The van der Waals surface area contributed by atoms with Crippen LogP contribution in [0.5, 0.6) is 0 Å². The van der Waals surface area contributed by atoms with Crippen LogP contribution < -0.4 is 0 Å². The highest BCUT2D eigenvalue weighted by Gasteiger charge is 2.31. The summed E-state index contributed by atoms with van der Waals surface area (Å²) >= 11 is 12.5. The lowest BCUT2D eigenvalue weighted by molar-refractivity contribution is -0.122.